The summed E-state index contributed by atoms with van der Waals surface area (Å²) in [5, 5.41) is 4.50. The van der Waals surface area contributed by atoms with Crippen LogP contribution >= 0.6 is 0 Å². The van der Waals surface area contributed by atoms with E-state index in [4.69, 9.17) is 5.73 Å². The SMILES string of the molecule is CN(c1ccccn1)c1ccc2nc(CN)cn2n1. The first kappa shape index (κ1) is 11.6. The highest BCUT2D eigenvalue weighted by molar-refractivity contribution is 5.56. The first-order chi connectivity index (χ1) is 9.28. The molecule has 0 fully saturated rings. The number of aromatic nitrogens is 4. The van der Waals surface area contributed by atoms with Crippen molar-refractivity contribution in [2.75, 3.05) is 11.9 Å². The normalized spacial score (nSPS) is 10.8. The van der Waals surface area contributed by atoms with Gasteiger partial charge in [0.05, 0.1) is 11.9 Å². The molecule has 3 aromatic rings. The van der Waals surface area contributed by atoms with Gasteiger partial charge in [-0.15, -0.1) is 5.10 Å². The molecule has 2 N–H and O–H groups in total. The van der Waals surface area contributed by atoms with Gasteiger partial charge in [0, 0.05) is 19.8 Å². The second-order valence-corrected chi connectivity index (χ2v) is 4.18. The fourth-order valence-electron chi connectivity index (χ4n) is 1.87. The maximum atomic E-state index is 5.58. The Morgan fingerprint density at radius 3 is 2.84 bits per heavy atom. The lowest BCUT2D eigenvalue weighted by atomic mass is 10.4. The van der Waals surface area contributed by atoms with Gasteiger partial charge >= 0.3 is 0 Å². The lowest BCUT2D eigenvalue weighted by Crippen LogP contribution is -2.13. The minimum absolute atomic E-state index is 0.411. The van der Waals surface area contributed by atoms with Gasteiger partial charge in [-0.1, -0.05) is 6.07 Å². The molecule has 0 aliphatic heterocycles. The lowest BCUT2D eigenvalue weighted by Gasteiger charge is -2.16. The topological polar surface area (TPSA) is 72.3 Å². The van der Waals surface area contributed by atoms with Crippen molar-refractivity contribution >= 4 is 17.3 Å². The van der Waals surface area contributed by atoms with Gasteiger partial charge in [-0.3, -0.25) is 0 Å². The Morgan fingerprint density at radius 1 is 1.21 bits per heavy atom. The fraction of sp³-hybridized carbons (Fsp3) is 0.154. The Bertz CT molecular complexity index is 691. The number of hydrogen-bond acceptors (Lipinski definition) is 5. The van der Waals surface area contributed by atoms with Crippen LogP contribution in [0.3, 0.4) is 0 Å². The van der Waals surface area contributed by atoms with Crippen molar-refractivity contribution in [1.82, 2.24) is 19.6 Å². The highest BCUT2D eigenvalue weighted by atomic mass is 15.3. The third-order valence-electron chi connectivity index (χ3n) is 2.90. The van der Waals surface area contributed by atoms with Gasteiger partial charge in [0.15, 0.2) is 11.5 Å². The zero-order valence-electron chi connectivity index (χ0n) is 10.6. The molecule has 0 bridgehead atoms. The number of nitrogens with two attached hydrogens (primary N) is 1. The summed E-state index contributed by atoms with van der Waals surface area (Å²) in [5.41, 5.74) is 7.19. The summed E-state index contributed by atoms with van der Waals surface area (Å²) in [5.74, 6) is 1.64. The fourth-order valence-corrected chi connectivity index (χ4v) is 1.87. The molecule has 0 amide bonds. The number of nitrogens with zero attached hydrogens (tertiary/aromatic N) is 5. The van der Waals surface area contributed by atoms with E-state index in [2.05, 4.69) is 15.1 Å². The van der Waals surface area contributed by atoms with Gasteiger partial charge in [0.25, 0.3) is 0 Å². The summed E-state index contributed by atoms with van der Waals surface area (Å²) < 4.78 is 1.73. The van der Waals surface area contributed by atoms with Crippen LogP contribution < -0.4 is 10.6 Å². The van der Waals surface area contributed by atoms with E-state index in [1.807, 2.05) is 48.5 Å². The smallest absolute Gasteiger partial charge is 0.154 e. The molecule has 0 unspecified atom stereocenters. The van der Waals surface area contributed by atoms with Crippen molar-refractivity contribution in [3.8, 4) is 0 Å². The van der Waals surface area contributed by atoms with Crippen molar-refractivity contribution in [2.45, 2.75) is 6.54 Å². The predicted molar refractivity (Wildman–Crippen MR) is 73.2 cm³/mol. The number of rotatable bonds is 3. The molecule has 3 heterocycles. The number of fused-ring (bicyclic) bond motifs is 1. The zero-order chi connectivity index (χ0) is 13.2. The number of anilines is 2. The summed E-state index contributed by atoms with van der Waals surface area (Å²) in [4.78, 5) is 10.6. The lowest BCUT2D eigenvalue weighted by molar-refractivity contribution is 0.904. The van der Waals surface area contributed by atoms with Gasteiger partial charge in [0.1, 0.15) is 5.82 Å². The van der Waals surface area contributed by atoms with Crippen molar-refractivity contribution in [1.29, 1.82) is 0 Å². The minimum Gasteiger partial charge on any atom is -0.325 e. The molecule has 3 rings (SSSR count). The molecule has 0 atom stereocenters. The Morgan fingerprint density at radius 2 is 2.11 bits per heavy atom. The first-order valence-electron chi connectivity index (χ1n) is 5.98. The van der Waals surface area contributed by atoms with Crippen LogP contribution in [0.15, 0.2) is 42.7 Å². The molecule has 0 saturated heterocycles. The van der Waals surface area contributed by atoms with E-state index < -0.39 is 0 Å². The van der Waals surface area contributed by atoms with Crippen LogP contribution in [0.25, 0.3) is 5.65 Å². The molecular weight excluding hydrogens is 240 g/mol. The molecule has 96 valence electrons. The molecule has 0 saturated carbocycles. The molecule has 6 nitrogen and oxygen atoms in total. The minimum atomic E-state index is 0.411. The molecule has 6 heteroatoms. The molecule has 3 aromatic heterocycles. The van der Waals surface area contributed by atoms with Crippen molar-refractivity contribution in [2.24, 2.45) is 5.73 Å². The standard InChI is InChI=1S/C13H14N6/c1-18(11-4-2-3-7-15-11)13-6-5-12-16-10(8-14)9-19(12)17-13/h2-7,9H,8,14H2,1H3. The summed E-state index contributed by atoms with van der Waals surface area (Å²) in [6.07, 6.45) is 3.60. The largest absolute Gasteiger partial charge is 0.325 e. The highest BCUT2D eigenvalue weighted by Gasteiger charge is 2.08. The molecule has 0 aliphatic carbocycles. The van der Waals surface area contributed by atoms with Gasteiger partial charge < -0.3 is 10.6 Å². The van der Waals surface area contributed by atoms with Crippen molar-refractivity contribution < 1.29 is 0 Å². The molecule has 0 aromatic carbocycles. The van der Waals surface area contributed by atoms with Crippen LogP contribution in [0.5, 0.6) is 0 Å². The quantitative estimate of drug-likeness (QED) is 0.763. The molecular formula is C13H14N6. The van der Waals surface area contributed by atoms with Gasteiger partial charge in [-0.05, 0) is 24.3 Å². The average Bonchev–Trinajstić information content (AvgIpc) is 2.89. The second-order valence-electron chi connectivity index (χ2n) is 4.18. The van der Waals surface area contributed by atoms with E-state index in [1.54, 1.807) is 10.7 Å². The average molecular weight is 254 g/mol. The first-order valence-corrected chi connectivity index (χ1v) is 5.98. The monoisotopic (exact) mass is 254 g/mol. The van der Waals surface area contributed by atoms with Crippen LogP contribution in [0, 0.1) is 0 Å². The Kier molecular flexibility index (Phi) is 2.85. The number of imidazole rings is 1. The van der Waals surface area contributed by atoms with E-state index in [0.29, 0.717) is 6.54 Å². The second kappa shape index (κ2) is 4.66. The van der Waals surface area contributed by atoms with Crippen LogP contribution in [-0.4, -0.2) is 26.6 Å². The molecule has 0 aliphatic rings. The Balaban J connectivity index is 2.01. The summed E-state index contributed by atoms with van der Waals surface area (Å²) in [6.45, 7) is 0.411. The van der Waals surface area contributed by atoms with Crippen molar-refractivity contribution in [3.05, 3.63) is 48.4 Å². The van der Waals surface area contributed by atoms with E-state index >= 15 is 0 Å². The summed E-state index contributed by atoms with van der Waals surface area (Å²) in [6, 6.07) is 9.60. The number of hydrogen-bond donors (Lipinski definition) is 1. The van der Waals surface area contributed by atoms with Gasteiger partial charge in [-0.2, -0.15) is 0 Å². The predicted octanol–water partition coefficient (Wildman–Crippen LogP) is 1.35. The van der Waals surface area contributed by atoms with Gasteiger partial charge in [0.2, 0.25) is 0 Å². The van der Waals surface area contributed by atoms with Gasteiger partial charge in [-0.25, -0.2) is 14.5 Å². The molecule has 0 spiro atoms. The van der Waals surface area contributed by atoms with E-state index in [-0.39, 0.29) is 0 Å². The Hall–Kier alpha value is -2.47. The Labute approximate surface area is 110 Å². The summed E-state index contributed by atoms with van der Waals surface area (Å²) >= 11 is 0. The van der Waals surface area contributed by atoms with Crippen molar-refractivity contribution in [3.63, 3.8) is 0 Å². The van der Waals surface area contributed by atoms with Crippen LogP contribution in [0.1, 0.15) is 5.69 Å². The summed E-state index contributed by atoms with van der Waals surface area (Å²) in [7, 11) is 1.93. The number of pyridine rings is 1. The van der Waals surface area contributed by atoms with E-state index in [0.717, 1.165) is 23.0 Å². The maximum absolute atomic E-state index is 5.58. The third-order valence-corrected chi connectivity index (χ3v) is 2.90. The molecule has 0 radical (unpaired) electrons. The van der Waals surface area contributed by atoms with Crippen LogP contribution in [-0.2, 0) is 6.54 Å². The van der Waals surface area contributed by atoms with E-state index in [9.17, 15) is 0 Å². The zero-order valence-corrected chi connectivity index (χ0v) is 10.6. The maximum Gasteiger partial charge on any atom is 0.154 e. The molecule has 19 heavy (non-hydrogen) atoms. The van der Waals surface area contributed by atoms with E-state index in [1.165, 1.54) is 0 Å². The van der Waals surface area contributed by atoms with Crippen LogP contribution in [0.2, 0.25) is 0 Å². The third kappa shape index (κ3) is 2.13. The highest BCUT2D eigenvalue weighted by Crippen LogP contribution is 2.18. The van der Waals surface area contributed by atoms with Crippen LogP contribution in [0.4, 0.5) is 11.6 Å².